The van der Waals surface area contributed by atoms with Crippen LogP contribution in [-0.4, -0.2) is 112 Å². The fraction of sp³-hybridized carbons (Fsp3) is 1.00. The van der Waals surface area contributed by atoms with Gasteiger partial charge in [0, 0.05) is 0 Å². The van der Waals surface area contributed by atoms with E-state index in [2.05, 4.69) is 0 Å². The third-order valence-electron chi connectivity index (χ3n) is 2.58. The summed E-state index contributed by atoms with van der Waals surface area (Å²) >= 11 is 0. The number of hydrogen-bond donors (Lipinski definition) is 4. The second-order valence-electron chi connectivity index (χ2n) is 4.57. The summed E-state index contributed by atoms with van der Waals surface area (Å²) in [7, 11) is 0. The van der Waals surface area contributed by atoms with Gasteiger partial charge in [-0.2, -0.15) is 0 Å². The minimum Gasteiger partial charge on any atom is -0.394 e. The molecule has 9 nitrogen and oxygen atoms in total. The van der Waals surface area contributed by atoms with Crippen LogP contribution in [0.5, 0.6) is 0 Å². The lowest BCUT2D eigenvalue weighted by molar-refractivity contribution is -0.103. The van der Waals surface area contributed by atoms with E-state index in [0.717, 1.165) is 0 Å². The van der Waals surface area contributed by atoms with Gasteiger partial charge >= 0.3 is 0 Å². The zero-order valence-corrected chi connectivity index (χ0v) is 13.5. The number of hydrogen-bond acceptors (Lipinski definition) is 9. The van der Waals surface area contributed by atoms with Gasteiger partial charge in [-0.15, -0.1) is 0 Å². The average molecular weight is 342 g/mol. The molecule has 0 rings (SSSR count). The van der Waals surface area contributed by atoms with Gasteiger partial charge in [0.25, 0.3) is 0 Å². The van der Waals surface area contributed by atoms with Gasteiger partial charge in [0.15, 0.2) is 0 Å². The molecule has 0 aromatic carbocycles. The molecule has 2 unspecified atom stereocenters. The molecule has 0 radical (unpaired) electrons. The van der Waals surface area contributed by atoms with Crippen molar-refractivity contribution in [3.05, 3.63) is 0 Å². The van der Waals surface area contributed by atoms with Gasteiger partial charge in [-0.25, -0.2) is 0 Å². The highest BCUT2D eigenvalue weighted by atomic mass is 16.6. The lowest BCUT2D eigenvalue weighted by Gasteiger charge is -2.21. The fourth-order valence-electron chi connectivity index (χ4n) is 1.62. The molecule has 0 aliphatic heterocycles. The van der Waals surface area contributed by atoms with Gasteiger partial charge in [-0.05, 0) is 0 Å². The minimum absolute atomic E-state index is 0.0765. The number of rotatable bonds is 18. The molecule has 0 spiro atoms. The minimum atomic E-state index is -0.370. The molecular weight excluding hydrogens is 312 g/mol. The molecular formula is C14H30O9. The zero-order valence-electron chi connectivity index (χ0n) is 13.5. The molecule has 0 aromatic heterocycles. The number of aliphatic hydroxyl groups excluding tert-OH is 4. The largest absolute Gasteiger partial charge is 0.394 e. The lowest BCUT2D eigenvalue weighted by atomic mass is 10.3. The van der Waals surface area contributed by atoms with Crippen LogP contribution in [-0.2, 0) is 23.7 Å². The maximum Gasteiger partial charge on any atom is 0.104 e. The van der Waals surface area contributed by atoms with Crippen LogP contribution in [0.4, 0.5) is 0 Å². The molecule has 0 saturated carbocycles. The van der Waals surface area contributed by atoms with Crippen LogP contribution in [0.3, 0.4) is 0 Å². The first-order valence-corrected chi connectivity index (χ1v) is 7.68. The van der Waals surface area contributed by atoms with Gasteiger partial charge in [0.2, 0.25) is 0 Å². The third kappa shape index (κ3) is 14.9. The molecule has 23 heavy (non-hydrogen) atoms. The van der Waals surface area contributed by atoms with Gasteiger partial charge in [0.05, 0.1) is 79.3 Å². The molecule has 0 saturated heterocycles. The Kier molecular flexibility index (Phi) is 17.7. The van der Waals surface area contributed by atoms with Crippen molar-refractivity contribution in [2.45, 2.75) is 12.2 Å². The molecule has 140 valence electrons. The maximum atomic E-state index is 8.79. The molecule has 4 N–H and O–H groups in total. The first-order chi connectivity index (χ1) is 11.3. The summed E-state index contributed by atoms with van der Waals surface area (Å²) in [4.78, 5) is 0. The Balaban J connectivity index is 4.03. The van der Waals surface area contributed by atoms with E-state index < -0.39 is 0 Å². The van der Waals surface area contributed by atoms with Crippen molar-refractivity contribution >= 4 is 0 Å². The van der Waals surface area contributed by atoms with E-state index in [0.29, 0.717) is 0 Å². The van der Waals surface area contributed by atoms with Crippen LogP contribution in [0.2, 0.25) is 0 Å². The van der Waals surface area contributed by atoms with E-state index in [1.54, 1.807) is 0 Å². The highest BCUT2D eigenvalue weighted by Crippen LogP contribution is 2.00. The van der Waals surface area contributed by atoms with Crippen molar-refractivity contribution < 1.29 is 44.1 Å². The van der Waals surface area contributed by atoms with Crippen LogP contribution in [0.15, 0.2) is 0 Å². The van der Waals surface area contributed by atoms with Crippen molar-refractivity contribution in [1.29, 1.82) is 0 Å². The van der Waals surface area contributed by atoms with Crippen molar-refractivity contribution in [3.63, 3.8) is 0 Å². The van der Waals surface area contributed by atoms with Gasteiger partial charge in [-0.3, -0.25) is 0 Å². The van der Waals surface area contributed by atoms with Crippen molar-refractivity contribution in [1.82, 2.24) is 0 Å². The molecule has 0 amide bonds. The Bertz CT molecular complexity index is 208. The highest BCUT2D eigenvalue weighted by Gasteiger charge is 2.14. The highest BCUT2D eigenvalue weighted by molar-refractivity contribution is 4.60. The predicted octanol–water partition coefficient (Wildman–Crippen LogP) is -2.22. The number of ether oxygens (including phenoxy) is 5. The molecule has 0 aliphatic rings. The van der Waals surface area contributed by atoms with Crippen molar-refractivity contribution in [2.24, 2.45) is 0 Å². The molecule has 9 heteroatoms. The predicted molar refractivity (Wildman–Crippen MR) is 80.3 cm³/mol. The van der Waals surface area contributed by atoms with E-state index >= 15 is 0 Å². The summed E-state index contributed by atoms with van der Waals surface area (Å²) in [6.07, 6.45) is -0.740. The summed E-state index contributed by atoms with van der Waals surface area (Å²) in [6, 6.07) is 0. The van der Waals surface area contributed by atoms with Crippen LogP contribution in [0.25, 0.3) is 0 Å². The van der Waals surface area contributed by atoms with E-state index in [1.807, 2.05) is 0 Å². The third-order valence-corrected chi connectivity index (χ3v) is 2.58. The van der Waals surface area contributed by atoms with Gasteiger partial charge in [-0.1, -0.05) is 0 Å². The molecule has 2 atom stereocenters. The Morgan fingerprint density at radius 2 is 0.826 bits per heavy atom. The van der Waals surface area contributed by atoms with Crippen molar-refractivity contribution in [2.75, 3.05) is 79.3 Å². The quantitative estimate of drug-likeness (QED) is 0.205. The number of aliphatic hydroxyl groups is 4. The summed E-state index contributed by atoms with van der Waals surface area (Å²) in [6.45, 7) is 1.32. The summed E-state index contributed by atoms with van der Waals surface area (Å²) < 4.78 is 26.6. The van der Waals surface area contributed by atoms with Crippen LogP contribution in [0.1, 0.15) is 0 Å². The van der Waals surface area contributed by atoms with E-state index in [1.165, 1.54) is 0 Å². The van der Waals surface area contributed by atoms with Crippen LogP contribution >= 0.6 is 0 Å². The average Bonchev–Trinajstić information content (AvgIpc) is 2.56. The molecule has 0 aromatic rings. The van der Waals surface area contributed by atoms with Crippen LogP contribution in [0, 0.1) is 0 Å². The fourth-order valence-corrected chi connectivity index (χ4v) is 1.62. The SMILES string of the molecule is OCCOCC(COCC(COCCO)OCCO)OCCO. The Morgan fingerprint density at radius 3 is 1.17 bits per heavy atom. The monoisotopic (exact) mass is 342 g/mol. The first-order valence-electron chi connectivity index (χ1n) is 7.68. The Labute approximate surface area is 136 Å². The summed E-state index contributed by atoms with van der Waals surface area (Å²) in [5.41, 5.74) is 0. The van der Waals surface area contributed by atoms with Crippen LogP contribution < -0.4 is 0 Å². The zero-order chi connectivity index (χ0) is 17.2. The van der Waals surface area contributed by atoms with Gasteiger partial charge < -0.3 is 44.1 Å². The molecule has 0 heterocycles. The molecule has 0 fully saturated rings. The summed E-state index contributed by atoms with van der Waals surface area (Å²) in [5.74, 6) is 0. The molecule has 0 aliphatic carbocycles. The smallest absolute Gasteiger partial charge is 0.104 e. The van der Waals surface area contributed by atoms with E-state index in [-0.39, 0.29) is 91.5 Å². The topological polar surface area (TPSA) is 127 Å². The van der Waals surface area contributed by atoms with Crippen molar-refractivity contribution in [3.8, 4) is 0 Å². The first kappa shape index (κ1) is 22.6. The van der Waals surface area contributed by atoms with E-state index in [9.17, 15) is 0 Å². The standard InChI is InChI=1S/C14H30O9/c15-1-5-19-9-13(22-7-3-17)11-21-12-14(23-8-4-18)10-20-6-2-16/h13-18H,1-12H2. The van der Waals surface area contributed by atoms with E-state index in [4.69, 9.17) is 44.1 Å². The Hall–Kier alpha value is -0.360. The normalized spacial score (nSPS) is 14.1. The Morgan fingerprint density at radius 1 is 0.478 bits per heavy atom. The maximum absolute atomic E-state index is 8.79. The summed E-state index contributed by atoms with van der Waals surface area (Å²) in [5, 5.41) is 34.9. The van der Waals surface area contributed by atoms with Gasteiger partial charge in [0.1, 0.15) is 12.2 Å². The second-order valence-corrected chi connectivity index (χ2v) is 4.57. The second kappa shape index (κ2) is 18.0. The lowest BCUT2D eigenvalue weighted by Crippen LogP contribution is -2.32. The molecule has 0 bridgehead atoms.